The second kappa shape index (κ2) is 9.05. The van der Waals surface area contributed by atoms with E-state index in [-0.39, 0.29) is 17.1 Å². The van der Waals surface area contributed by atoms with Crippen LogP contribution in [0.4, 0.5) is 5.69 Å². The summed E-state index contributed by atoms with van der Waals surface area (Å²) in [6.07, 6.45) is 4.97. The highest BCUT2D eigenvalue weighted by Gasteiger charge is 2.12. The lowest BCUT2D eigenvalue weighted by Gasteiger charge is -2.09. The van der Waals surface area contributed by atoms with Gasteiger partial charge in [0.1, 0.15) is 11.6 Å². The molecule has 8 nitrogen and oxygen atoms in total. The monoisotopic (exact) mass is 431 g/mol. The quantitative estimate of drug-likeness (QED) is 0.484. The maximum atomic E-state index is 12.9. The summed E-state index contributed by atoms with van der Waals surface area (Å²) < 4.78 is 8.38. The molecule has 0 radical (unpaired) electrons. The second-order valence-electron chi connectivity index (χ2n) is 7.68. The van der Waals surface area contributed by atoms with Crippen molar-refractivity contribution < 1.29 is 9.53 Å². The first-order valence-electron chi connectivity index (χ1n) is 10.4. The lowest BCUT2D eigenvalue weighted by Crippen LogP contribution is -2.20. The van der Waals surface area contributed by atoms with Gasteiger partial charge in [-0.25, -0.2) is 0 Å². The van der Waals surface area contributed by atoms with E-state index < -0.39 is 0 Å². The Morgan fingerprint density at radius 1 is 1.03 bits per heavy atom. The van der Waals surface area contributed by atoms with Gasteiger partial charge in [0, 0.05) is 36.6 Å². The fourth-order valence-electron chi connectivity index (χ4n) is 3.49. The summed E-state index contributed by atoms with van der Waals surface area (Å²) in [7, 11) is 1.60. The zero-order valence-electron chi connectivity index (χ0n) is 18.3. The highest BCUT2D eigenvalue weighted by molar-refractivity contribution is 5.90. The van der Waals surface area contributed by atoms with Gasteiger partial charge in [-0.15, -0.1) is 10.2 Å². The molecular weight excluding hydrogens is 406 g/mol. The summed E-state index contributed by atoms with van der Waals surface area (Å²) >= 11 is 0. The first-order chi connectivity index (χ1) is 15.5. The molecule has 1 amide bonds. The molecular formula is C24H25N5O3. The van der Waals surface area contributed by atoms with Crippen molar-refractivity contribution in [2.24, 2.45) is 0 Å². The molecule has 0 aliphatic heterocycles. The molecule has 4 aromatic rings. The maximum absolute atomic E-state index is 12.9. The number of nitrogens with one attached hydrogen (secondary N) is 1. The molecule has 0 bridgehead atoms. The topological polar surface area (TPSA) is 90.5 Å². The van der Waals surface area contributed by atoms with Crippen LogP contribution in [0.5, 0.6) is 5.75 Å². The van der Waals surface area contributed by atoms with Crippen molar-refractivity contribution in [2.75, 3.05) is 12.4 Å². The predicted octanol–water partition coefficient (Wildman–Crippen LogP) is 3.47. The Bertz CT molecular complexity index is 1320. The number of carbonyl (C=O) groups excluding carboxylic acids is 1. The Labute approximate surface area is 185 Å². The zero-order valence-corrected chi connectivity index (χ0v) is 18.3. The van der Waals surface area contributed by atoms with Crippen LogP contribution < -0.4 is 15.6 Å². The number of fused-ring (bicyclic) bond motifs is 1. The van der Waals surface area contributed by atoms with Crippen molar-refractivity contribution >= 4 is 17.2 Å². The molecule has 2 aromatic heterocycles. The maximum Gasteiger partial charge on any atom is 0.300 e. The molecule has 2 heterocycles. The summed E-state index contributed by atoms with van der Waals surface area (Å²) in [5.74, 6) is 1.31. The van der Waals surface area contributed by atoms with E-state index in [1.807, 2.05) is 32.0 Å². The van der Waals surface area contributed by atoms with Gasteiger partial charge >= 0.3 is 5.56 Å². The molecule has 4 rings (SSSR count). The molecule has 32 heavy (non-hydrogen) atoms. The van der Waals surface area contributed by atoms with Crippen molar-refractivity contribution in [2.45, 2.75) is 33.1 Å². The van der Waals surface area contributed by atoms with Crippen LogP contribution in [-0.4, -0.2) is 32.2 Å². The minimum absolute atomic E-state index is 0.0823. The Morgan fingerprint density at radius 3 is 2.53 bits per heavy atom. The summed E-state index contributed by atoms with van der Waals surface area (Å²) in [6, 6.07) is 13.1. The number of aromatic nitrogens is 4. The number of aryl methyl sites for hydroxylation is 3. The van der Waals surface area contributed by atoms with E-state index in [0.29, 0.717) is 25.1 Å². The van der Waals surface area contributed by atoms with Gasteiger partial charge in [0.05, 0.1) is 7.11 Å². The molecule has 0 unspecified atom stereocenters. The molecule has 0 fully saturated rings. The largest absolute Gasteiger partial charge is 0.497 e. The third-order valence-corrected chi connectivity index (χ3v) is 5.49. The number of hydrogen-bond donors (Lipinski definition) is 1. The highest BCUT2D eigenvalue weighted by Crippen LogP contribution is 2.16. The van der Waals surface area contributed by atoms with Crippen LogP contribution in [0.1, 0.15) is 29.8 Å². The first kappa shape index (κ1) is 21.3. The number of hydrogen-bond acceptors (Lipinski definition) is 5. The molecule has 164 valence electrons. The van der Waals surface area contributed by atoms with E-state index in [9.17, 15) is 9.59 Å². The van der Waals surface area contributed by atoms with E-state index in [4.69, 9.17) is 4.74 Å². The van der Waals surface area contributed by atoms with Crippen molar-refractivity contribution in [1.29, 1.82) is 0 Å². The van der Waals surface area contributed by atoms with Crippen LogP contribution >= 0.6 is 0 Å². The molecule has 0 saturated heterocycles. The van der Waals surface area contributed by atoms with Crippen LogP contribution in [0, 0.1) is 13.8 Å². The average Bonchev–Trinajstić information content (AvgIpc) is 3.20. The molecule has 2 aromatic carbocycles. The van der Waals surface area contributed by atoms with Crippen LogP contribution in [0.25, 0.3) is 11.3 Å². The lowest BCUT2D eigenvalue weighted by molar-refractivity contribution is -0.116. The van der Waals surface area contributed by atoms with Crippen molar-refractivity contribution in [3.8, 4) is 11.4 Å². The van der Waals surface area contributed by atoms with Crippen molar-refractivity contribution in [3.63, 3.8) is 0 Å². The minimum atomic E-state index is -0.230. The van der Waals surface area contributed by atoms with Gasteiger partial charge in [-0.2, -0.15) is 0 Å². The Balaban J connectivity index is 1.42. The van der Waals surface area contributed by atoms with E-state index in [0.717, 1.165) is 22.7 Å². The summed E-state index contributed by atoms with van der Waals surface area (Å²) in [5.41, 5.74) is 3.83. The van der Waals surface area contributed by atoms with Gasteiger partial charge in [0.2, 0.25) is 11.6 Å². The number of rotatable bonds is 7. The normalized spacial score (nSPS) is 11.0. The number of anilines is 1. The van der Waals surface area contributed by atoms with Crippen molar-refractivity contribution in [3.05, 3.63) is 82.2 Å². The highest BCUT2D eigenvalue weighted by atomic mass is 16.5. The molecule has 0 saturated carbocycles. The third-order valence-electron chi connectivity index (χ3n) is 5.49. The number of nitrogens with zero attached hydrogens (tertiary/aromatic N) is 4. The third kappa shape index (κ3) is 4.39. The first-order valence-corrected chi connectivity index (χ1v) is 10.4. The average molecular weight is 431 g/mol. The van der Waals surface area contributed by atoms with Gasteiger partial charge < -0.3 is 10.1 Å². The fourth-order valence-corrected chi connectivity index (χ4v) is 3.49. The molecule has 0 aliphatic carbocycles. The SMILES string of the molecule is COc1ccc(NC(=O)CCCc2nnc3c(=O)n(-c4ccc(C)c(C)c4)ccn23)cc1. The van der Waals surface area contributed by atoms with Crippen LogP contribution in [0.3, 0.4) is 0 Å². The summed E-state index contributed by atoms with van der Waals surface area (Å²) in [6.45, 7) is 4.05. The van der Waals surface area contributed by atoms with E-state index >= 15 is 0 Å². The molecule has 0 aliphatic rings. The second-order valence-corrected chi connectivity index (χ2v) is 7.68. The van der Waals surface area contributed by atoms with E-state index in [2.05, 4.69) is 15.5 Å². The number of carbonyl (C=O) groups is 1. The van der Waals surface area contributed by atoms with Crippen LogP contribution in [0.15, 0.2) is 59.7 Å². The number of amides is 1. The summed E-state index contributed by atoms with van der Waals surface area (Å²) in [5, 5.41) is 11.1. The van der Waals surface area contributed by atoms with Gasteiger partial charge in [-0.05, 0) is 67.8 Å². The van der Waals surface area contributed by atoms with E-state index in [1.54, 1.807) is 52.7 Å². The molecule has 1 N–H and O–H groups in total. The molecule has 0 spiro atoms. The van der Waals surface area contributed by atoms with Gasteiger partial charge in [-0.1, -0.05) is 6.07 Å². The van der Waals surface area contributed by atoms with Crippen LogP contribution in [-0.2, 0) is 11.2 Å². The molecule has 0 atom stereocenters. The standard InChI is InChI=1S/C24H25N5O3/c1-16-7-10-19(15-17(16)2)28-13-14-29-21(26-27-23(29)24(28)31)5-4-6-22(30)25-18-8-11-20(32-3)12-9-18/h7-15H,4-6H2,1-3H3,(H,25,30). The van der Waals surface area contributed by atoms with Gasteiger partial charge in [0.15, 0.2) is 0 Å². The fraction of sp³-hybridized carbons (Fsp3) is 0.250. The lowest BCUT2D eigenvalue weighted by atomic mass is 10.1. The number of benzene rings is 2. The van der Waals surface area contributed by atoms with Crippen LogP contribution in [0.2, 0.25) is 0 Å². The van der Waals surface area contributed by atoms with Gasteiger partial charge in [0.25, 0.3) is 0 Å². The Hall–Kier alpha value is -3.94. The Morgan fingerprint density at radius 2 is 1.81 bits per heavy atom. The zero-order chi connectivity index (χ0) is 22.7. The smallest absolute Gasteiger partial charge is 0.300 e. The summed E-state index contributed by atoms with van der Waals surface area (Å²) in [4.78, 5) is 25.2. The number of ether oxygens (including phenoxy) is 1. The van der Waals surface area contributed by atoms with Gasteiger partial charge in [-0.3, -0.25) is 18.6 Å². The molecule has 8 heteroatoms. The van der Waals surface area contributed by atoms with E-state index in [1.165, 1.54) is 5.56 Å². The minimum Gasteiger partial charge on any atom is -0.497 e. The Kier molecular flexibility index (Phi) is 6.02. The van der Waals surface area contributed by atoms with Crippen molar-refractivity contribution in [1.82, 2.24) is 19.2 Å². The number of methoxy groups -OCH3 is 1. The predicted molar refractivity (Wildman–Crippen MR) is 123 cm³/mol.